The van der Waals surface area contributed by atoms with E-state index in [4.69, 9.17) is 10.5 Å². The van der Waals surface area contributed by atoms with Crippen molar-refractivity contribution in [2.24, 2.45) is 0 Å². The van der Waals surface area contributed by atoms with E-state index >= 15 is 0 Å². The first-order valence-corrected chi connectivity index (χ1v) is 5.02. The van der Waals surface area contributed by atoms with Crippen LogP contribution in [0.4, 0.5) is 10.1 Å². The summed E-state index contributed by atoms with van der Waals surface area (Å²) in [5.41, 5.74) is 5.58. The van der Waals surface area contributed by atoms with E-state index in [0.29, 0.717) is 15.9 Å². The number of rotatable bonds is 1. The van der Waals surface area contributed by atoms with Crippen LogP contribution in [0.15, 0.2) is 16.6 Å². The van der Waals surface area contributed by atoms with E-state index in [1.54, 1.807) is 0 Å². The van der Waals surface area contributed by atoms with Crippen molar-refractivity contribution in [3.63, 3.8) is 0 Å². The zero-order valence-electron chi connectivity index (χ0n) is 8.40. The third-order valence-electron chi connectivity index (χ3n) is 1.45. The van der Waals surface area contributed by atoms with Crippen LogP contribution in [0.25, 0.3) is 0 Å². The second kappa shape index (κ2) is 3.77. The largest absolute Gasteiger partial charge is 0.485 e. The van der Waals surface area contributed by atoms with Crippen molar-refractivity contribution in [1.29, 1.82) is 0 Å². The molecule has 0 aliphatic heterocycles. The molecule has 14 heavy (non-hydrogen) atoms. The number of nitrogens with two attached hydrogens (primary N) is 1. The summed E-state index contributed by atoms with van der Waals surface area (Å²) in [5.74, 6) is 0.106. The summed E-state index contributed by atoms with van der Waals surface area (Å²) < 4.78 is 19.0. The van der Waals surface area contributed by atoms with Gasteiger partial charge >= 0.3 is 0 Å². The van der Waals surface area contributed by atoms with Crippen LogP contribution in [-0.2, 0) is 0 Å². The first kappa shape index (κ1) is 11.3. The van der Waals surface area contributed by atoms with E-state index in [1.807, 2.05) is 20.8 Å². The molecular weight excluding hydrogens is 249 g/mol. The van der Waals surface area contributed by atoms with Gasteiger partial charge in [-0.2, -0.15) is 0 Å². The SMILES string of the molecule is CC(C)(C)Oc1c(N)cc(F)cc1Br. The molecule has 0 radical (unpaired) electrons. The molecular formula is C10H13BrFNO. The number of anilines is 1. The summed E-state index contributed by atoms with van der Waals surface area (Å²) >= 11 is 3.21. The smallest absolute Gasteiger partial charge is 0.157 e. The summed E-state index contributed by atoms with van der Waals surface area (Å²) in [6.45, 7) is 5.71. The maximum Gasteiger partial charge on any atom is 0.157 e. The van der Waals surface area contributed by atoms with Crippen LogP contribution in [0.3, 0.4) is 0 Å². The van der Waals surface area contributed by atoms with Crippen LogP contribution in [0.5, 0.6) is 5.75 Å². The number of benzene rings is 1. The average Bonchev–Trinajstić information content (AvgIpc) is 1.95. The van der Waals surface area contributed by atoms with Crippen molar-refractivity contribution in [3.8, 4) is 5.75 Å². The first-order chi connectivity index (χ1) is 6.29. The van der Waals surface area contributed by atoms with E-state index in [9.17, 15) is 4.39 Å². The molecule has 0 aliphatic carbocycles. The molecule has 0 saturated heterocycles. The third-order valence-corrected chi connectivity index (χ3v) is 2.03. The predicted molar refractivity (Wildman–Crippen MR) is 58.9 cm³/mol. The Morgan fingerprint density at radius 3 is 2.36 bits per heavy atom. The summed E-state index contributed by atoms with van der Waals surface area (Å²) in [6, 6.07) is 2.57. The molecule has 0 amide bonds. The Balaban J connectivity index is 3.09. The Kier molecular flexibility index (Phi) is 3.04. The van der Waals surface area contributed by atoms with Gasteiger partial charge in [0.2, 0.25) is 0 Å². The van der Waals surface area contributed by atoms with E-state index in [-0.39, 0.29) is 11.4 Å². The molecule has 0 bridgehead atoms. The minimum Gasteiger partial charge on any atom is -0.485 e. The predicted octanol–water partition coefficient (Wildman–Crippen LogP) is 3.35. The van der Waals surface area contributed by atoms with E-state index in [0.717, 1.165) is 0 Å². The van der Waals surface area contributed by atoms with Gasteiger partial charge in [0.25, 0.3) is 0 Å². The monoisotopic (exact) mass is 261 g/mol. The van der Waals surface area contributed by atoms with Crippen molar-refractivity contribution in [3.05, 3.63) is 22.4 Å². The fourth-order valence-corrected chi connectivity index (χ4v) is 1.52. The molecule has 1 aromatic carbocycles. The number of hydrogen-bond acceptors (Lipinski definition) is 2. The fraction of sp³-hybridized carbons (Fsp3) is 0.400. The van der Waals surface area contributed by atoms with Gasteiger partial charge in [-0.1, -0.05) is 0 Å². The molecule has 4 heteroatoms. The van der Waals surface area contributed by atoms with E-state index in [1.165, 1.54) is 12.1 Å². The van der Waals surface area contributed by atoms with Gasteiger partial charge in [0.05, 0.1) is 10.2 Å². The topological polar surface area (TPSA) is 35.2 Å². The maximum absolute atomic E-state index is 12.9. The highest BCUT2D eigenvalue weighted by molar-refractivity contribution is 9.10. The molecule has 0 saturated carbocycles. The Labute approximate surface area is 91.4 Å². The fourth-order valence-electron chi connectivity index (χ4n) is 0.994. The quantitative estimate of drug-likeness (QED) is 0.788. The van der Waals surface area contributed by atoms with Crippen LogP contribution in [0.2, 0.25) is 0 Å². The summed E-state index contributed by atoms with van der Waals surface area (Å²) in [4.78, 5) is 0. The van der Waals surface area contributed by atoms with Crippen LogP contribution in [0.1, 0.15) is 20.8 Å². The van der Waals surface area contributed by atoms with Crippen LogP contribution in [0, 0.1) is 5.82 Å². The molecule has 0 aromatic heterocycles. The lowest BCUT2D eigenvalue weighted by molar-refractivity contribution is 0.130. The molecule has 1 rings (SSSR count). The molecule has 1 aromatic rings. The zero-order chi connectivity index (χ0) is 10.9. The highest BCUT2D eigenvalue weighted by atomic mass is 79.9. The molecule has 0 heterocycles. The molecule has 0 spiro atoms. The van der Waals surface area contributed by atoms with Crippen LogP contribution < -0.4 is 10.5 Å². The molecule has 0 unspecified atom stereocenters. The van der Waals surface area contributed by atoms with Gasteiger partial charge in [0.15, 0.2) is 5.75 Å². The average molecular weight is 262 g/mol. The van der Waals surface area contributed by atoms with Gasteiger partial charge in [-0.3, -0.25) is 0 Å². The lowest BCUT2D eigenvalue weighted by Crippen LogP contribution is -2.23. The Morgan fingerprint density at radius 1 is 1.36 bits per heavy atom. The van der Waals surface area contributed by atoms with Crippen LogP contribution in [-0.4, -0.2) is 5.60 Å². The van der Waals surface area contributed by atoms with Crippen LogP contribution >= 0.6 is 15.9 Å². The highest BCUT2D eigenvalue weighted by Gasteiger charge is 2.17. The molecule has 2 nitrogen and oxygen atoms in total. The second-order valence-electron chi connectivity index (χ2n) is 4.02. The van der Waals surface area contributed by atoms with Gasteiger partial charge in [-0.25, -0.2) is 4.39 Å². The van der Waals surface area contributed by atoms with Gasteiger partial charge in [-0.15, -0.1) is 0 Å². The second-order valence-corrected chi connectivity index (χ2v) is 4.87. The van der Waals surface area contributed by atoms with E-state index < -0.39 is 0 Å². The number of halogens is 2. The zero-order valence-corrected chi connectivity index (χ0v) is 9.98. The Bertz CT molecular complexity index is 323. The lowest BCUT2D eigenvalue weighted by atomic mass is 10.2. The lowest BCUT2D eigenvalue weighted by Gasteiger charge is -2.23. The normalized spacial score (nSPS) is 11.5. The minimum atomic E-state index is -0.379. The van der Waals surface area contributed by atoms with Crippen molar-refractivity contribution >= 4 is 21.6 Å². The van der Waals surface area contributed by atoms with Gasteiger partial charge in [0.1, 0.15) is 11.4 Å². The van der Waals surface area contributed by atoms with E-state index in [2.05, 4.69) is 15.9 Å². The molecule has 0 fully saturated rings. The summed E-state index contributed by atoms with van der Waals surface area (Å²) in [7, 11) is 0. The highest BCUT2D eigenvalue weighted by Crippen LogP contribution is 2.34. The number of ether oxygens (including phenoxy) is 1. The molecule has 2 N–H and O–H groups in total. The number of hydrogen-bond donors (Lipinski definition) is 1. The van der Waals surface area contributed by atoms with Crippen molar-refractivity contribution < 1.29 is 9.13 Å². The molecule has 78 valence electrons. The minimum absolute atomic E-state index is 0.298. The Hall–Kier alpha value is -0.770. The molecule has 0 atom stereocenters. The van der Waals surface area contributed by atoms with Gasteiger partial charge < -0.3 is 10.5 Å². The Morgan fingerprint density at radius 2 is 1.93 bits per heavy atom. The number of nitrogen functional groups attached to an aromatic ring is 1. The van der Waals surface area contributed by atoms with Crippen molar-refractivity contribution in [2.45, 2.75) is 26.4 Å². The van der Waals surface area contributed by atoms with Gasteiger partial charge in [-0.05, 0) is 42.8 Å². The standard InChI is InChI=1S/C10H13BrFNO/c1-10(2,3)14-9-7(11)4-6(12)5-8(9)13/h4-5H,13H2,1-3H3. The summed E-state index contributed by atoms with van der Waals surface area (Å²) in [5, 5.41) is 0. The third kappa shape index (κ3) is 2.87. The maximum atomic E-state index is 12.9. The van der Waals surface area contributed by atoms with Crippen molar-refractivity contribution in [1.82, 2.24) is 0 Å². The van der Waals surface area contributed by atoms with Crippen molar-refractivity contribution in [2.75, 3.05) is 5.73 Å². The van der Waals surface area contributed by atoms with Gasteiger partial charge in [0, 0.05) is 6.07 Å². The molecule has 0 aliphatic rings. The summed E-state index contributed by atoms with van der Waals surface area (Å²) in [6.07, 6.45) is 0. The first-order valence-electron chi connectivity index (χ1n) is 4.23.